The summed E-state index contributed by atoms with van der Waals surface area (Å²) in [6, 6.07) is 12.0. The van der Waals surface area contributed by atoms with Gasteiger partial charge in [-0.2, -0.15) is 0 Å². The van der Waals surface area contributed by atoms with Crippen LogP contribution in [-0.4, -0.2) is 15.9 Å². The van der Waals surface area contributed by atoms with Gasteiger partial charge < -0.3 is 9.73 Å². The maximum Gasteiger partial charge on any atom is 0.251 e. The Bertz CT molecular complexity index is 1130. The predicted molar refractivity (Wildman–Crippen MR) is 94.8 cm³/mol. The molecule has 0 aliphatic rings. The lowest BCUT2D eigenvalue weighted by Crippen LogP contribution is -2.22. The Labute approximate surface area is 152 Å². The molecule has 4 rings (SSSR count). The normalized spacial score (nSPS) is 10.9. The van der Waals surface area contributed by atoms with Crippen molar-refractivity contribution in [3.63, 3.8) is 0 Å². The lowest BCUT2D eigenvalue weighted by molar-refractivity contribution is 0.0951. The molecule has 0 bridgehead atoms. The third kappa shape index (κ3) is 3.52. The van der Waals surface area contributed by atoms with E-state index in [4.69, 9.17) is 4.42 Å². The molecule has 2 aromatic heterocycles. The molecule has 0 fully saturated rings. The number of hydrogen-bond donors (Lipinski definition) is 1. The molecule has 5 nitrogen and oxygen atoms in total. The van der Waals surface area contributed by atoms with Crippen molar-refractivity contribution in [3.05, 3.63) is 83.7 Å². The van der Waals surface area contributed by atoms with E-state index in [-0.39, 0.29) is 12.5 Å². The molecule has 1 amide bonds. The van der Waals surface area contributed by atoms with Crippen LogP contribution in [0.25, 0.3) is 22.6 Å². The number of aromatic nitrogens is 2. The summed E-state index contributed by atoms with van der Waals surface area (Å²) in [4.78, 5) is 20.7. The molecule has 134 valence electrons. The molecule has 1 N–H and O–H groups in total. The topological polar surface area (TPSA) is 68.0 Å². The van der Waals surface area contributed by atoms with Gasteiger partial charge in [0.2, 0.25) is 5.89 Å². The first-order chi connectivity index (χ1) is 13.1. The maximum absolute atomic E-state index is 13.2. The highest BCUT2D eigenvalue weighted by molar-refractivity contribution is 5.97. The van der Waals surface area contributed by atoms with Crippen LogP contribution in [0.3, 0.4) is 0 Å². The Morgan fingerprint density at radius 1 is 1.07 bits per heavy atom. The zero-order chi connectivity index (χ0) is 18.8. The number of amides is 1. The van der Waals surface area contributed by atoms with Crippen LogP contribution >= 0.6 is 0 Å². The van der Waals surface area contributed by atoms with Gasteiger partial charge in [-0.05, 0) is 48.0 Å². The summed E-state index contributed by atoms with van der Waals surface area (Å²) in [5.74, 6) is -1.82. The lowest BCUT2D eigenvalue weighted by Gasteiger charge is -2.06. The van der Waals surface area contributed by atoms with Crippen molar-refractivity contribution >= 4 is 17.0 Å². The Hall–Kier alpha value is -3.61. The minimum absolute atomic E-state index is 0.0748. The monoisotopic (exact) mass is 365 g/mol. The highest BCUT2D eigenvalue weighted by atomic mass is 19.2. The number of carbonyl (C=O) groups excluding carboxylic acids is 1. The van der Waals surface area contributed by atoms with E-state index >= 15 is 0 Å². The first-order valence-corrected chi connectivity index (χ1v) is 8.13. The number of nitrogens with one attached hydrogen (secondary N) is 1. The molecule has 27 heavy (non-hydrogen) atoms. The predicted octanol–water partition coefficient (Wildman–Crippen LogP) is 4.10. The van der Waals surface area contributed by atoms with Gasteiger partial charge in [-0.3, -0.25) is 9.78 Å². The number of benzene rings is 2. The zero-order valence-corrected chi connectivity index (χ0v) is 13.9. The second kappa shape index (κ2) is 6.95. The smallest absolute Gasteiger partial charge is 0.251 e. The number of nitrogens with zero attached hydrogens (tertiary/aromatic N) is 2. The second-order valence-corrected chi connectivity index (χ2v) is 5.87. The minimum atomic E-state index is -0.951. The summed E-state index contributed by atoms with van der Waals surface area (Å²) in [6.07, 6.45) is 3.29. The van der Waals surface area contributed by atoms with E-state index in [1.165, 1.54) is 6.07 Å². The number of carbonyl (C=O) groups is 1. The number of rotatable bonds is 4. The average molecular weight is 365 g/mol. The van der Waals surface area contributed by atoms with Crippen LogP contribution in [0.1, 0.15) is 15.9 Å². The maximum atomic E-state index is 13.2. The number of hydrogen-bond acceptors (Lipinski definition) is 4. The average Bonchev–Trinajstić information content (AvgIpc) is 3.12. The molecular formula is C20H13F2N3O2. The van der Waals surface area contributed by atoms with E-state index in [2.05, 4.69) is 15.3 Å². The van der Waals surface area contributed by atoms with Crippen molar-refractivity contribution in [1.82, 2.24) is 15.3 Å². The Balaban J connectivity index is 1.52. The van der Waals surface area contributed by atoms with Crippen molar-refractivity contribution in [3.8, 4) is 11.5 Å². The van der Waals surface area contributed by atoms with Crippen molar-refractivity contribution in [2.24, 2.45) is 0 Å². The fourth-order valence-corrected chi connectivity index (χ4v) is 2.61. The number of oxazole rings is 1. The van der Waals surface area contributed by atoms with E-state index in [0.717, 1.165) is 17.7 Å². The summed E-state index contributed by atoms with van der Waals surface area (Å²) in [7, 11) is 0. The third-order valence-electron chi connectivity index (χ3n) is 4.00. The molecule has 0 spiro atoms. The van der Waals surface area contributed by atoms with E-state index in [9.17, 15) is 13.6 Å². The van der Waals surface area contributed by atoms with E-state index in [1.807, 2.05) is 6.07 Å². The standard InChI is InChI=1S/C20H13F2N3O2/c21-15-5-3-12(8-16(15)22)10-24-19(26)13-4-6-17-18(9-13)27-20(25-17)14-2-1-7-23-11-14/h1-9,11H,10H2,(H,24,26). The van der Waals surface area contributed by atoms with Gasteiger partial charge in [0.15, 0.2) is 17.2 Å². The number of fused-ring (bicyclic) bond motifs is 1. The van der Waals surface area contributed by atoms with Gasteiger partial charge in [0.25, 0.3) is 5.91 Å². The van der Waals surface area contributed by atoms with Crippen molar-refractivity contribution in [2.45, 2.75) is 6.54 Å². The minimum Gasteiger partial charge on any atom is -0.436 e. The molecule has 0 radical (unpaired) electrons. The van der Waals surface area contributed by atoms with Crippen LogP contribution in [-0.2, 0) is 6.54 Å². The van der Waals surface area contributed by atoms with Crippen molar-refractivity contribution in [2.75, 3.05) is 0 Å². The molecule has 0 saturated carbocycles. The van der Waals surface area contributed by atoms with Gasteiger partial charge in [-0.1, -0.05) is 6.07 Å². The Morgan fingerprint density at radius 2 is 1.96 bits per heavy atom. The number of halogens is 2. The van der Waals surface area contributed by atoms with E-state index in [0.29, 0.717) is 28.1 Å². The van der Waals surface area contributed by atoms with E-state index in [1.54, 1.807) is 36.7 Å². The molecule has 4 aromatic rings. The third-order valence-corrected chi connectivity index (χ3v) is 4.00. The van der Waals surface area contributed by atoms with Gasteiger partial charge >= 0.3 is 0 Å². The second-order valence-electron chi connectivity index (χ2n) is 5.87. The van der Waals surface area contributed by atoms with Gasteiger partial charge in [-0.15, -0.1) is 0 Å². The summed E-state index contributed by atoms with van der Waals surface area (Å²) in [5, 5.41) is 2.66. The summed E-state index contributed by atoms with van der Waals surface area (Å²) in [5.41, 5.74) is 2.65. The SMILES string of the molecule is O=C(NCc1ccc(F)c(F)c1)c1ccc2nc(-c3cccnc3)oc2c1. The summed E-state index contributed by atoms with van der Waals surface area (Å²) < 4.78 is 31.9. The zero-order valence-electron chi connectivity index (χ0n) is 13.9. The fraction of sp³-hybridized carbons (Fsp3) is 0.0500. The molecule has 0 unspecified atom stereocenters. The van der Waals surface area contributed by atoms with Crippen LogP contribution in [0, 0.1) is 11.6 Å². The van der Waals surface area contributed by atoms with E-state index < -0.39 is 11.6 Å². The largest absolute Gasteiger partial charge is 0.436 e. The molecule has 7 heteroatoms. The fourth-order valence-electron chi connectivity index (χ4n) is 2.61. The molecule has 0 saturated heterocycles. The number of pyridine rings is 1. The first-order valence-electron chi connectivity index (χ1n) is 8.13. The lowest BCUT2D eigenvalue weighted by atomic mass is 10.1. The van der Waals surface area contributed by atoms with Crippen molar-refractivity contribution in [1.29, 1.82) is 0 Å². The van der Waals surface area contributed by atoms with Crippen LogP contribution in [0.4, 0.5) is 8.78 Å². The van der Waals surface area contributed by atoms with Gasteiger partial charge in [0.1, 0.15) is 5.52 Å². The van der Waals surface area contributed by atoms with Crippen molar-refractivity contribution < 1.29 is 18.0 Å². The molecule has 0 aliphatic carbocycles. The van der Waals surface area contributed by atoms with Gasteiger partial charge in [0, 0.05) is 24.5 Å². The Kier molecular flexibility index (Phi) is 4.33. The van der Waals surface area contributed by atoms with Gasteiger partial charge in [-0.25, -0.2) is 13.8 Å². The van der Waals surface area contributed by atoms with Crippen LogP contribution in [0.5, 0.6) is 0 Å². The first kappa shape index (κ1) is 16.8. The molecule has 2 heterocycles. The quantitative estimate of drug-likeness (QED) is 0.591. The highest BCUT2D eigenvalue weighted by Crippen LogP contribution is 2.24. The summed E-state index contributed by atoms with van der Waals surface area (Å²) in [6.45, 7) is 0.0748. The van der Waals surface area contributed by atoms with Crippen LogP contribution in [0.2, 0.25) is 0 Å². The molecule has 2 aromatic carbocycles. The molecule has 0 aliphatic heterocycles. The molecular weight excluding hydrogens is 352 g/mol. The summed E-state index contributed by atoms with van der Waals surface area (Å²) >= 11 is 0. The Morgan fingerprint density at radius 3 is 2.74 bits per heavy atom. The van der Waals surface area contributed by atoms with Gasteiger partial charge in [0.05, 0.1) is 5.56 Å². The molecule has 0 atom stereocenters. The van der Waals surface area contributed by atoms with Crippen LogP contribution < -0.4 is 5.32 Å². The highest BCUT2D eigenvalue weighted by Gasteiger charge is 2.12. The van der Waals surface area contributed by atoms with Crippen LogP contribution in [0.15, 0.2) is 65.3 Å².